The number of aryl methyl sites for hydroxylation is 1. The van der Waals surface area contributed by atoms with Crippen LogP contribution in [-0.4, -0.2) is 62.9 Å². The van der Waals surface area contributed by atoms with Crippen LogP contribution in [0.15, 0.2) is 30.6 Å². The first-order valence-electron chi connectivity index (χ1n) is 12.6. The first-order chi connectivity index (χ1) is 17.9. The summed E-state index contributed by atoms with van der Waals surface area (Å²) in [6, 6.07) is 5.38. The van der Waals surface area contributed by atoms with Crippen LogP contribution in [0.5, 0.6) is 5.75 Å². The predicted octanol–water partition coefficient (Wildman–Crippen LogP) is 4.25. The van der Waals surface area contributed by atoms with Gasteiger partial charge in [0.05, 0.1) is 17.9 Å². The number of anilines is 3. The van der Waals surface area contributed by atoms with E-state index in [1.54, 1.807) is 19.1 Å². The van der Waals surface area contributed by atoms with E-state index in [-0.39, 0.29) is 23.6 Å². The van der Waals surface area contributed by atoms with Crippen molar-refractivity contribution < 1.29 is 19.4 Å². The number of hydrogen-bond acceptors (Lipinski definition) is 8. The number of amides is 2. The summed E-state index contributed by atoms with van der Waals surface area (Å²) >= 11 is 1.23. The van der Waals surface area contributed by atoms with E-state index in [0.717, 1.165) is 44.6 Å². The quantitative estimate of drug-likeness (QED) is 0.422. The molecule has 0 radical (unpaired) electrons. The molecule has 0 bridgehead atoms. The zero-order valence-corrected chi connectivity index (χ0v) is 21.9. The monoisotopic (exact) mass is 524 g/mol. The van der Waals surface area contributed by atoms with Crippen molar-refractivity contribution in [3.8, 4) is 5.75 Å². The highest BCUT2D eigenvalue weighted by Gasteiger charge is 2.29. The number of aromatic nitrogens is 3. The minimum absolute atomic E-state index is 0.136. The second-order valence-corrected chi connectivity index (χ2v) is 10.8. The van der Waals surface area contributed by atoms with Crippen molar-refractivity contribution in [2.24, 2.45) is 5.92 Å². The van der Waals surface area contributed by atoms with E-state index in [1.807, 2.05) is 28.8 Å². The molecular formula is C26H32N6O4S. The van der Waals surface area contributed by atoms with Gasteiger partial charge in [0.2, 0.25) is 5.91 Å². The molecule has 10 nitrogen and oxygen atoms in total. The largest absolute Gasteiger partial charge is 0.508 e. The van der Waals surface area contributed by atoms with Crippen molar-refractivity contribution in [2.45, 2.75) is 45.6 Å². The van der Waals surface area contributed by atoms with Gasteiger partial charge in [-0.05, 0) is 50.7 Å². The minimum atomic E-state index is -0.288. The number of carbonyl (C=O) groups excluding carboxylic acids is 2. The topological polar surface area (TPSA) is 122 Å². The van der Waals surface area contributed by atoms with Gasteiger partial charge in [0.1, 0.15) is 10.6 Å². The smallest absolute Gasteiger partial charge is 0.267 e. The van der Waals surface area contributed by atoms with E-state index in [2.05, 4.69) is 20.7 Å². The van der Waals surface area contributed by atoms with Gasteiger partial charge >= 0.3 is 0 Å². The molecule has 0 aliphatic carbocycles. The maximum absolute atomic E-state index is 12.8. The molecule has 11 heteroatoms. The molecular weight excluding hydrogens is 492 g/mol. The van der Waals surface area contributed by atoms with Crippen LogP contribution in [-0.2, 0) is 9.53 Å². The van der Waals surface area contributed by atoms with Gasteiger partial charge in [0.25, 0.3) is 5.91 Å². The summed E-state index contributed by atoms with van der Waals surface area (Å²) in [6.07, 6.45) is 6.83. The summed E-state index contributed by atoms with van der Waals surface area (Å²) in [6.45, 7) is 6.57. The van der Waals surface area contributed by atoms with Gasteiger partial charge in [-0.1, -0.05) is 17.4 Å². The van der Waals surface area contributed by atoms with Crippen molar-refractivity contribution in [3.63, 3.8) is 0 Å². The highest BCUT2D eigenvalue weighted by atomic mass is 32.1. The number of phenolic OH excluding ortho intramolecular Hbond substituents is 1. The zero-order valence-electron chi connectivity index (χ0n) is 21.1. The first-order valence-corrected chi connectivity index (χ1v) is 13.4. The molecule has 0 spiro atoms. The van der Waals surface area contributed by atoms with E-state index in [1.165, 1.54) is 17.5 Å². The van der Waals surface area contributed by atoms with Crippen molar-refractivity contribution in [1.82, 2.24) is 19.7 Å². The number of ether oxygens (including phenoxy) is 1. The Morgan fingerprint density at radius 1 is 1.19 bits per heavy atom. The van der Waals surface area contributed by atoms with Crippen LogP contribution in [0.1, 0.15) is 52.5 Å². The van der Waals surface area contributed by atoms with Crippen molar-refractivity contribution in [1.29, 1.82) is 0 Å². The van der Waals surface area contributed by atoms with Crippen molar-refractivity contribution in [3.05, 3.63) is 46.6 Å². The van der Waals surface area contributed by atoms with Gasteiger partial charge in [-0.2, -0.15) is 5.10 Å². The Hall–Kier alpha value is -3.44. The Morgan fingerprint density at radius 3 is 2.81 bits per heavy atom. The lowest BCUT2D eigenvalue weighted by Gasteiger charge is -2.24. The standard InChI is InChI=1S/C26H32N6O4S/c1-16-3-4-20(33)17(2)24(16)29-25(35)21-14-27-26(37-21)28-22-6-10-32(30-22)19-5-9-31(15-19)23(34)13-18-7-11-36-12-8-18/h3-4,6,10,14,18-19,33H,5,7-9,11-13,15H2,1-2H3,(H,29,35)(H,27,28,30)/t19-/m1/s1. The summed E-state index contributed by atoms with van der Waals surface area (Å²) in [4.78, 5) is 32.2. The maximum atomic E-state index is 12.8. The number of carbonyl (C=O) groups is 2. The fourth-order valence-electron chi connectivity index (χ4n) is 4.87. The van der Waals surface area contributed by atoms with Crippen molar-refractivity contribution >= 4 is 39.8 Å². The Labute approximate surface area is 219 Å². The van der Waals surface area contributed by atoms with Gasteiger partial charge in [-0.25, -0.2) is 4.98 Å². The fourth-order valence-corrected chi connectivity index (χ4v) is 5.59. The Kier molecular flexibility index (Phi) is 7.43. The van der Waals surface area contributed by atoms with Crippen LogP contribution in [0.3, 0.4) is 0 Å². The predicted molar refractivity (Wildman–Crippen MR) is 142 cm³/mol. The molecule has 196 valence electrons. The SMILES string of the molecule is Cc1ccc(O)c(C)c1NC(=O)c1cnc(Nc2ccn([C@@H]3CCN(C(=O)CC4CCOCC4)C3)n2)s1. The lowest BCUT2D eigenvalue weighted by Crippen LogP contribution is -2.32. The van der Waals surface area contributed by atoms with E-state index in [9.17, 15) is 14.7 Å². The highest BCUT2D eigenvalue weighted by molar-refractivity contribution is 7.17. The van der Waals surface area contributed by atoms with Gasteiger partial charge < -0.3 is 25.4 Å². The summed E-state index contributed by atoms with van der Waals surface area (Å²) < 4.78 is 7.30. The third-order valence-corrected chi connectivity index (χ3v) is 8.06. The molecule has 1 aromatic carbocycles. The van der Waals surface area contributed by atoms with Gasteiger partial charge in [-0.3, -0.25) is 14.3 Å². The number of benzene rings is 1. The fraction of sp³-hybridized carbons (Fsp3) is 0.462. The second kappa shape index (κ2) is 10.9. The average molecular weight is 525 g/mol. The molecule has 2 aliphatic rings. The van der Waals surface area contributed by atoms with Crippen LogP contribution in [0, 0.1) is 19.8 Å². The molecule has 1 atom stereocenters. The summed E-state index contributed by atoms with van der Waals surface area (Å²) in [5.74, 6) is 1.14. The summed E-state index contributed by atoms with van der Waals surface area (Å²) in [7, 11) is 0. The molecule has 5 rings (SSSR count). The molecule has 2 aliphatic heterocycles. The number of rotatable bonds is 7. The van der Waals surface area contributed by atoms with E-state index in [4.69, 9.17) is 4.74 Å². The third kappa shape index (κ3) is 5.78. The lowest BCUT2D eigenvalue weighted by molar-refractivity contribution is -0.131. The molecule has 2 saturated heterocycles. The van der Waals surface area contributed by atoms with E-state index < -0.39 is 0 Å². The van der Waals surface area contributed by atoms with E-state index in [0.29, 0.717) is 46.0 Å². The molecule has 4 heterocycles. The van der Waals surface area contributed by atoms with Gasteiger partial charge in [0, 0.05) is 50.6 Å². The molecule has 3 N–H and O–H groups in total. The van der Waals surface area contributed by atoms with Gasteiger partial charge in [-0.15, -0.1) is 0 Å². The number of phenols is 1. The number of nitrogens with zero attached hydrogens (tertiary/aromatic N) is 4. The summed E-state index contributed by atoms with van der Waals surface area (Å²) in [5.41, 5.74) is 2.09. The molecule has 37 heavy (non-hydrogen) atoms. The molecule has 3 aromatic rings. The van der Waals surface area contributed by atoms with Crippen LogP contribution < -0.4 is 10.6 Å². The lowest BCUT2D eigenvalue weighted by atomic mass is 9.96. The van der Waals surface area contributed by atoms with Gasteiger partial charge in [0.15, 0.2) is 10.9 Å². The number of aromatic hydroxyl groups is 1. The van der Waals surface area contributed by atoms with E-state index >= 15 is 0 Å². The zero-order chi connectivity index (χ0) is 25.9. The second-order valence-electron chi connectivity index (χ2n) is 9.73. The molecule has 2 aromatic heterocycles. The number of thiazole rings is 1. The third-order valence-electron chi connectivity index (χ3n) is 7.15. The van der Waals surface area contributed by atoms with Crippen LogP contribution in [0.25, 0.3) is 0 Å². The highest BCUT2D eigenvalue weighted by Crippen LogP contribution is 2.30. The number of nitrogens with one attached hydrogen (secondary N) is 2. The molecule has 0 unspecified atom stereocenters. The molecule has 2 fully saturated rings. The molecule has 2 amide bonds. The Bertz CT molecular complexity index is 1280. The number of likely N-dealkylation sites (tertiary alicyclic amines) is 1. The van der Waals surface area contributed by atoms with Crippen molar-refractivity contribution in [2.75, 3.05) is 36.9 Å². The molecule has 0 saturated carbocycles. The average Bonchev–Trinajstić information content (AvgIpc) is 3.66. The first kappa shape index (κ1) is 25.2. The summed E-state index contributed by atoms with van der Waals surface area (Å²) in [5, 5.41) is 21.2. The van der Waals surface area contributed by atoms with Crippen LogP contribution in [0.4, 0.5) is 16.6 Å². The minimum Gasteiger partial charge on any atom is -0.508 e. The Morgan fingerprint density at radius 2 is 2.00 bits per heavy atom. The Balaban J connectivity index is 1.16. The normalized spacial score (nSPS) is 18.2. The van der Waals surface area contributed by atoms with Crippen LogP contribution in [0.2, 0.25) is 0 Å². The maximum Gasteiger partial charge on any atom is 0.267 e. The van der Waals surface area contributed by atoms with Crippen LogP contribution >= 0.6 is 11.3 Å². The number of hydrogen-bond donors (Lipinski definition) is 3.